The number of hydrogen-bond acceptors (Lipinski definition) is 4. The summed E-state index contributed by atoms with van der Waals surface area (Å²) >= 11 is 0. The number of ether oxygens (including phenoxy) is 1. The minimum absolute atomic E-state index is 0.0118. The van der Waals surface area contributed by atoms with Gasteiger partial charge in [0, 0.05) is 48.9 Å². The van der Waals surface area contributed by atoms with Crippen LogP contribution in [0.4, 0.5) is 17.6 Å². The third-order valence-corrected chi connectivity index (χ3v) is 7.70. The number of carbonyl (C=O) groups excluding carboxylic acids is 2. The normalized spacial score (nSPS) is 14.3. The highest BCUT2D eigenvalue weighted by Crippen LogP contribution is 2.26. The summed E-state index contributed by atoms with van der Waals surface area (Å²) in [6, 6.07) is 17.0. The molecule has 0 radical (unpaired) electrons. The maximum Gasteiger partial charge on any atom is 0.411 e. The maximum absolute atomic E-state index is 13.2. The summed E-state index contributed by atoms with van der Waals surface area (Å²) in [6.45, 7) is 2.16. The van der Waals surface area contributed by atoms with Gasteiger partial charge in [-0.2, -0.15) is 18.3 Å². The van der Waals surface area contributed by atoms with Crippen LogP contribution in [0, 0.1) is 18.7 Å². The molecule has 1 fully saturated rings. The molecule has 0 unspecified atom stereocenters. The van der Waals surface area contributed by atoms with Crippen LogP contribution in [0.15, 0.2) is 66.9 Å². The molecule has 0 atom stereocenters. The summed E-state index contributed by atoms with van der Waals surface area (Å²) in [4.78, 5) is 27.6. The average Bonchev–Trinajstić information content (AvgIpc) is 3.40. The van der Waals surface area contributed by atoms with Crippen molar-refractivity contribution in [2.45, 2.75) is 32.5 Å². The Bertz CT molecular complexity index is 1580. The van der Waals surface area contributed by atoms with E-state index in [1.165, 1.54) is 12.1 Å². The Hall–Kier alpha value is -4.25. The molecule has 7 nitrogen and oxygen atoms in total. The zero-order chi connectivity index (χ0) is 30.6. The lowest BCUT2D eigenvalue weighted by atomic mass is 9.96. The summed E-state index contributed by atoms with van der Waals surface area (Å²) in [7, 11) is 0. The summed E-state index contributed by atoms with van der Waals surface area (Å²) in [6.07, 6.45) is -0.827. The predicted molar refractivity (Wildman–Crippen MR) is 154 cm³/mol. The molecule has 0 spiro atoms. The van der Waals surface area contributed by atoms with Crippen LogP contribution in [-0.2, 0) is 11.3 Å². The van der Waals surface area contributed by atoms with E-state index in [9.17, 15) is 27.2 Å². The second kappa shape index (κ2) is 12.9. The van der Waals surface area contributed by atoms with E-state index < -0.39 is 12.8 Å². The molecule has 1 aliphatic heterocycles. The van der Waals surface area contributed by atoms with Crippen LogP contribution in [0.25, 0.3) is 22.0 Å². The quantitative estimate of drug-likeness (QED) is 0.190. The van der Waals surface area contributed by atoms with Crippen molar-refractivity contribution >= 4 is 22.7 Å². The number of nitrogens with zero attached hydrogens (tertiary/aromatic N) is 3. The van der Waals surface area contributed by atoms with Gasteiger partial charge in [-0.05, 0) is 78.8 Å². The summed E-state index contributed by atoms with van der Waals surface area (Å²) in [5, 5.41) is 8.10. The first kappa shape index (κ1) is 30.2. The lowest BCUT2D eigenvalue weighted by Crippen LogP contribution is -2.39. The van der Waals surface area contributed by atoms with Crippen LogP contribution in [0.3, 0.4) is 0 Å². The molecule has 1 aromatic heterocycles. The standard InChI is InChI=1S/C32H32F4N4O3/c1-21-27(30(41)37-14-17-43-20-32(34,35)36)10-11-29-28(21)19-40(38-29)18-22-12-15-39(16-13-22)31(42)25-4-2-23(3-5-25)24-6-8-26(33)9-7-24/h2-11,19,22H,12-18,20H2,1H3,(H,37,41). The van der Waals surface area contributed by atoms with E-state index in [2.05, 4.69) is 15.2 Å². The van der Waals surface area contributed by atoms with E-state index in [0.717, 1.165) is 40.4 Å². The molecule has 5 rings (SSSR count). The Labute approximate surface area is 246 Å². The second-order valence-corrected chi connectivity index (χ2v) is 10.8. The van der Waals surface area contributed by atoms with Crippen molar-refractivity contribution in [1.82, 2.24) is 20.0 Å². The zero-order valence-corrected chi connectivity index (χ0v) is 23.7. The molecule has 1 aliphatic rings. The van der Waals surface area contributed by atoms with Crippen LogP contribution in [0.5, 0.6) is 0 Å². The van der Waals surface area contributed by atoms with Gasteiger partial charge in [0.25, 0.3) is 11.8 Å². The van der Waals surface area contributed by atoms with Crippen molar-refractivity contribution in [3.8, 4) is 11.1 Å². The average molecular weight is 597 g/mol. The van der Waals surface area contributed by atoms with E-state index in [-0.39, 0.29) is 30.8 Å². The van der Waals surface area contributed by atoms with E-state index in [0.29, 0.717) is 36.7 Å². The fourth-order valence-corrected chi connectivity index (χ4v) is 5.35. The first-order valence-corrected chi connectivity index (χ1v) is 14.1. The number of piperidine rings is 1. The molecule has 0 saturated carbocycles. The molecule has 11 heteroatoms. The number of carbonyl (C=O) groups is 2. The molecule has 1 saturated heterocycles. The summed E-state index contributed by atoms with van der Waals surface area (Å²) in [5.74, 6) is -0.355. The van der Waals surface area contributed by atoms with Gasteiger partial charge in [-0.15, -0.1) is 0 Å². The lowest BCUT2D eigenvalue weighted by Gasteiger charge is -2.32. The molecule has 0 bridgehead atoms. The van der Waals surface area contributed by atoms with Gasteiger partial charge < -0.3 is 15.0 Å². The number of aryl methyl sites for hydroxylation is 1. The van der Waals surface area contributed by atoms with Gasteiger partial charge in [0.2, 0.25) is 0 Å². The van der Waals surface area contributed by atoms with Gasteiger partial charge in [0.1, 0.15) is 12.4 Å². The largest absolute Gasteiger partial charge is 0.411 e. The fourth-order valence-electron chi connectivity index (χ4n) is 5.35. The van der Waals surface area contributed by atoms with E-state index in [1.807, 2.05) is 34.8 Å². The Morgan fingerprint density at radius 3 is 2.28 bits per heavy atom. The van der Waals surface area contributed by atoms with Crippen LogP contribution < -0.4 is 5.32 Å². The summed E-state index contributed by atoms with van der Waals surface area (Å²) in [5.41, 5.74) is 4.34. The minimum atomic E-state index is -4.40. The van der Waals surface area contributed by atoms with Gasteiger partial charge in [0.15, 0.2) is 0 Å². The van der Waals surface area contributed by atoms with Crippen LogP contribution in [-0.4, -0.2) is 65.5 Å². The van der Waals surface area contributed by atoms with Crippen molar-refractivity contribution in [3.63, 3.8) is 0 Å². The lowest BCUT2D eigenvalue weighted by molar-refractivity contribution is -0.173. The number of benzene rings is 3. The maximum atomic E-state index is 13.2. The van der Waals surface area contributed by atoms with E-state index in [4.69, 9.17) is 0 Å². The zero-order valence-electron chi connectivity index (χ0n) is 23.7. The van der Waals surface area contributed by atoms with Crippen LogP contribution in [0.2, 0.25) is 0 Å². The molecular weight excluding hydrogens is 564 g/mol. The first-order valence-electron chi connectivity index (χ1n) is 14.1. The predicted octanol–water partition coefficient (Wildman–Crippen LogP) is 6.01. The summed E-state index contributed by atoms with van der Waals surface area (Å²) < 4.78 is 56.2. The molecule has 2 amide bonds. The highest BCUT2D eigenvalue weighted by molar-refractivity contribution is 6.00. The smallest absolute Gasteiger partial charge is 0.370 e. The molecular formula is C32H32F4N4O3. The topological polar surface area (TPSA) is 76.5 Å². The van der Waals surface area contributed by atoms with Crippen molar-refractivity contribution in [2.75, 3.05) is 32.8 Å². The Balaban J connectivity index is 1.13. The number of nitrogens with one attached hydrogen (secondary N) is 1. The number of rotatable bonds is 9. The highest BCUT2D eigenvalue weighted by Gasteiger charge is 2.27. The third-order valence-electron chi connectivity index (χ3n) is 7.70. The number of likely N-dealkylation sites (tertiary alicyclic amines) is 1. The van der Waals surface area contributed by atoms with Crippen molar-refractivity contribution < 1.29 is 31.9 Å². The van der Waals surface area contributed by atoms with Gasteiger partial charge in [-0.1, -0.05) is 24.3 Å². The van der Waals surface area contributed by atoms with Crippen molar-refractivity contribution in [1.29, 1.82) is 0 Å². The van der Waals surface area contributed by atoms with Gasteiger partial charge in [0.05, 0.1) is 12.1 Å². The Kier molecular flexibility index (Phi) is 9.10. The van der Waals surface area contributed by atoms with E-state index in [1.54, 1.807) is 36.4 Å². The molecule has 1 N–H and O–H groups in total. The SMILES string of the molecule is Cc1c(C(=O)NCCOCC(F)(F)F)ccc2nn(CC3CCN(C(=O)c4ccc(-c5ccc(F)cc5)cc4)CC3)cc12. The fraction of sp³-hybridized carbons (Fsp3) is 0.344. The number of amides is 2. The number of hydrogen-bond donors (Lipinski definition) is 1. The molecule has 2 heterocycles. The van der Waals surface area contributed by atoms with Crippen LogP contribution >= 0.6 is 0 Å². The van der Waals surface area contributed by atoms with Gasteiger partial charge in [-0.25, -0.2) is 4.39 Å². The molecule has 4 aromatic rings. The number of aromatic nitrogens is 2. The second-order valence-electron chi connectivity index (χ2n) is 10.8. The number of halogens is 4. The van der Waals surface area contributed by atoms with Crippen molar-refractivity contribution in [2.24, 2.45) is 5.92 Å². The Morgan fingerprint density at radius 1 is 0.977 bits per heavy atom. The number of fused-ring (bicyclic) bond motifs is 1. The first-order chi connectivity index (χ1) is 20.6. The van der Waals surface area contributed by atoms with Gasteiger partial charge >= 0.3 is 6.18 Å². The monoisotopic (exact) mass is 596 g/mol. The number of alkyl halides is 3. The molecule has 0 aliphatic carbocycles. The minimum Gasteiger partial charge on any atom is -0.370 e. The van der Waals surface area contributed by atoms with Gasteiger partial charge in [-0.3, -0.25) is 14.3 Å². The Morgan fingerprint density at radius 2 is 1.63 bits per heavy atom. The van der Waals surface area contributed by atoms with Crippen molar-refractivity contribution in [3.05, 3.63) is 89.4 Å². The van der Waals surface area contributed by atoms with Crippen LogP contribution in [0.1, 0.15) is 39.1 Å². The van der Waals surface area contributed by atoms with E-state index >= 15 is 0 Å². The molecule has 3 aromatic carbocycles. The highest BCUT2D eigenvalue weighted by atomic mass is 19.4. The molecule has 43 heavy (non-hydrogen) atoms. The molecule has 226 valence electrons. The third kappa shape index (κ3) is 7.59.